The van der Waals surface area contributed by atoms with Crippen molar-refractivity contribution in [3.05, 3.63) is 22.7 Å². The molecule has 5 nitrogen and oxygen atoms in total. The molecule has 0 spiro atoms. The standard InChI is InChI=1S/C8H12N4O/c1-12-3-2-10-7(8(12)13)11-6-4-9-5-6/h2-3,6,9H,4-5H2,1H3,(H,10,11). The predicted molar refractivity (Wildman–Crippen MR) is 49.8 cm³/mol. The van der Waals surface area contributed by atoms with Gasteiger partial charge in [0, 0.05) is 32.5 Å². The molecule has 2 heterocycles. The highest BCUT2D eigenvalue weighted by Crippen LogP contribution is 1.99. The largest absolute Gasteiger partial charge is 0.360 e. The zero-order valence-corrected chi connectivity index (χ0v) is 7.45. The van der Waals surface area contributed by atoms with Gasteiger partial charge in [-0.15, -0.1) is 0 Å². The van der Waals surface area contributed by atoms with Crippen molar-refractivity contribution < 1.29 is 0 Å². The average molecular weight is 180 g/mol. The Labute approximate surface area is 75.8 Å². The number of hydrogen-bond donors (Lipinski definition) is 2. The van der Waals surface area contributed by atoms with Crippen LogP contribution in [0.2, 0.25) is 0 Å². The monoisotopic (exact) mass is 180 g/mol. The molecule has 0 bridgehead atoms. The van der Waals surface area contributed by atoms with Crippen molar-refractivity contribution in [3.8, 4) is 0 Å². The summed E-state index contributed by atoms with van der Waals surface area (Å²) < 4.78 is 1.52. The number of aromatic nitrogens is 2. The summed E-state index contributed by atoms with van der Waals surface area (Å²) in [5.74, 6) is 0.441. The Morgan fingerprint density at radius 1 is 1.69 bits per heavy atom. The Morgan fingerprint density at radius 2 is 2.46 bits per heavy atom. The highest BCUT2D eigenvalue weighted by atomic mass is 16.1. The van der Waals surface area contributed by atoms with Crippen LogP contribution >= 0.6 is 0 Å². The molecule has 13 heavy (non-hydrogen) atoms. The van der Waals surface area contributed by atoms with E-state index in [2.05, 4.69) is 15.6 Å². The molecule has 1 aromatic heterocycles. The molecule has 0 amide bonds. The first-order chi connectivity index (χ1) is 6.27. The van der Waals surface area contributed by atoms with Gasteiger partial charge in [0.1, 0.15) is 0 Å². The average Bonchev–Trinajstić information content (AvgIpc) is 2.04. The molecule has 1 fully saturated rings. The van der Waals surface area contributed by atoms with E-state index in [9.17, 15) is 4.79 Å². The van der Waals surface area contributed by atoms with Crippen LogP contribution in [0.5, 0.6) is 0 Å². The Morgan fingerprint density at radius 3 is 3.08 bits per heavy atom. The minimum atomic E-state index is -0.0746. The van der Waals surface area contributed by atoms with Crippen LogP contribution in [-0.2, 0) is 7.05 Å². The van der Waals surface area contributed by atoms with Crippen LogP contribution in [0.4, 0.5) is 5.82 Å². The molecule has 0 aliphatic carbocycles. The Hall–Kier alpha value is -1.36. The van der Waals surface area contributed by atoms with Crippen LogP contribution in [0, 0.1) is 0 Å². The minimum Gasteiger partial charge on any atom is -0.360 e. The summed E-state index contributed by atoms with van der Waals surface area (Å²) in [5, 5.41) is 6.20. The zero-order valence-electron chi connectivity index (χ0n) is 7.45. The fourth-order valence-corrected chi connectivity index (χ4v) is 1.18. The van der Waals surface area contributed by atoms with Crippen molar-refractivity contribution in [1.82, 2.24) is 14.9 Å². The van der Waals surface area contributed by atoms with E-state index in [0.29, 0.717) is 11.9 Å². The second-order valence-electron chi connectivity index (χ2n) is 3.19. The van der Waals surface area contributed by atoms with E-state index in [-0.39, 0.29) is 5.56 Å². The molecular weight excluding hydrogens is 168 g/mol. The third-order valence-corrected chi connectivity index (χ3v) is 2.14. The molecule has 2 N–H and O–H groups in total. The van der Waals surface area contributed by atoms with Gasteiger partial charge in [0.05, 0.1) is 6.04 Å². The van der Waals surface area contributed by atoms with Gasteiger partial charge in [-0.2, -0.15) is 0 Å². The summed E-state index contributed by atoms with van der Waals surface area (Å²) >= 11 is 0. The lowest BCUT2D eigenvalue weighted by atomic mass is 10.2. The second-order valence-corrected chi connectivity index (χ2v) is 3.19. The van der Waals surface area contributed by atoms with E-state index in [1.807, 2.05) is 0 Å². The third-order valence-electron chi connectivity index (χ3n) is 2.14. The number of anilines is 1. The fraction of sp³-hybridized carbons (Fsp3) is 0.500. The van der Waals surface area contributed by atoms with Crippen LogP contribution < -0.4 is 16.2 Å². The van der Waals surface area contributed by atoms with E-state index in [4.69, 9.17) is 0 Å². The first-order valence-electron chi connectivity index (χ1n) is 4.26. The predicted octanol–water partition coefficient (Wildman–Crippen LogP) is -0.836. The molecular formula is C8H12N4O. The van der Waals surface area contributed by atoms with E-state index in [0.717, 1.165) is 13.1 Å². The highest BCUT2D eigenvalue weighted by molar-refractivity contribution is 5.33. The van der Waals surface area contributed by atoms with Gasteiger partial charge in [0.15, 0.2) is 5.82 Å². The number of aryl methyl sites for hydroxylation is 1. The van der Waals surface area contributed by atoms with Gasteiger partial charge in [-0.25, -0.2) is 4.98 Å². The Kier molecular flexibility index (Phi) is 2.02. The summed E-state index contributed by atoms with van der Waals surface area (Å²) in [6.45, 7) is 1.81. The van der Waals surface area contributed by atoms with E-state index < -0.39 is 0 Å². The molecule has 0 aromatic carbocycles. The lowest BCUT2D eigenvalue weighted by Gasteiger charge is -2.28. The molecule has 1 aliphatic rings. The molecule has 0 saturated carbocycles. The molecule has 0 unspecified atom stereocenters. The first-order valence-corrected chi connectivity index (χ1v) is 4.26. The zero-order chi connectivity index (χ0) is 9.26. The van der Waals surface area contributed by atoms with Crippen LogP contribution in [0.15, 0.2) is 17.2 Å². The normalized spacial score (nSPS) is 16.7. The SMILES string of the molecule is Cn1ccnc(NC2CNC2)c1=O. The first kappa shape index (κ1) is 8.25. The summed E-state index contributed by atoms with van der Waals surface area (Å²) in [4.78, 5) is 15.5. The summed E-state index contributed by atoms with van der Waals surface area (Å²) in [6.07, 6.45) is 3.27. The summed E-state index contributed by atoms with van der Waals surface area (Å²) in [6, 6.07) is 0.350. The maximum atomic E-state index is 11.5. The molecule has 70 valence electrons. The van der Waals surface area contributed by atoms with E-state index in [1.54, 1.807) is 19.4 Å². The summed E-state index contributed by atoms with van der Waals surface area (Å²) in [7, 11) is 1.72. The smallest absolute Gasteiger partial charge is 0.293 e. The van der Waals surface area contributed by atoms with Crippen molar-refractivity contribution >= 4 is 5.82 Å². The Balaban J connectivity index is 2.19. The van der Waals surface area contributed by atoms with Crippen molar-refractivity contribution in [2.75, 3.05) is 18.4 Å². The van der Waals surface area contributed by atoms with E-state index in [1.165, 1.54) is 4.57 Å². The van der Waals surface area contributed by atoms with Crippen LogP contribution in [0.25, 0.3) is 0 Å². The van der Waals surface area contributed by atoms with Crippen molar-refractivity contribution in [2.24, 2.45) is 7.05 Å². The topological polar surface area (TPSA) is 59.0 Å². The van der Waals surface area contributed by atoms with Gasteiger partial charge in [0.25, 0.3) is 5.56 Å². The van der Waals surface area contributed by atoms with Crippen LogP contribution in [0.3, 0.4) is 0 Å². The maximum Gasteiger partial charge on any atom is 0.293 e. The fourth-order valence-electron chi connectivity index (χ4n) is 1.18. The highest BCUT2D eigenvalue weighted by Gasteiger charge is 2.17. The van der Waals surface area contributed by atoms with Gasteiger partial charge in [-0.3, -0.25) is 4.79 Å². The molecule has 0 radical (unpaired) electrons. The van der Waals surface area contributed by atoms with Crippen molar-refractivity contribution in [2.45, 2.75) is 6.04 Å². The lowest BCUT2D eigenvalue weighted by molar-refractivity contribution is 0.470. The molecule has 5 heteroatoms. The van der Waals surface area contributed by atoms with Gasteiger partial charge in [-0.1, -0.05) is 0 Å². The van der Waals surface area contributed by atoms with Gasteiger partial charge in [0.2, 0.25) is 0 Å². The third kappa shape index (κ3) is 1.55. The lowest BCUT2D eigenvalue weighted by Crippen LogP contribution is -2.52. The van der Waals surface area contributed by atoms with Gasteiger partial charge in [-0.05, 0) is 0 Å². The molecule has 1 aliphatic heterocycles. The Bertz CT molecular complexity index is 355. The van der Waals surface area contributed by atoms with Crippen LogP contribution in [0.1, 0.15) is 0 Å². The number of nitrogens with zero attached hydrogens (tertiary/aromatic N) is 2. The number of rotatable bonds is 2. The second kappa shape index (κ2) is 3.18. The van der Waals surface area contributed by atoms with Crippen molar-refractivity contribution in [1.29, 1.82) is 0 Å². The van der Waals surface area contributed by atoms with E-state index >= 15 is 0 Å². The number of nitrogens with one attached hydrogen (secondary N) is 2. The molecule has 1 saturated heterocycles. The van der Waals surface area contributed by atoms with Gasteiger partial charge >= 0.3 is 0 Å². The van der Waals surface area contributed by atoms with Crippen LogP contribution in [-0.4, -0.2) is 28.7 Å². The van der Waals surface area contributed by atoms with Crippen molar-refractivity contribution in [3.63, 3.8) is 0 Å². The quantitative estimate of drug-likeness (QED) is 0.623. The molecule has 2 rings (SSSR count). The number of hydrogen-bond acceptors (Lipinski definition) is 4. The van der Waals surface area contributed by atoms with Gasteiger partial charge < -0.3 is 15.2 Å². The minimum absolute atomic E-state index is 0.0746. The molecule has 0 atom stereocenters. The summed E-state index contributed by atoms with van der Waals surface area (Å²) in [5.41, 5.74) is -0.0746. The maximum absolute atomic E-state index is 11.5. The molecule has 1 aromatic rings.